The van der Waals surface area contributed by atoms with E-state index in [4.69, 9.17) is 5.11 Å². The second-order valence-corrected chi connectivity index (χ2v) is 4.16. The number of benzene rings is 1. The number of anilines is 1. The van der Waals surface area contributed by atoms with Crippen LogP contribution in [0.15, 0.2) is 18.2 Å². The van der Waals surface area contributed by atoms with Crippen LogP contribution in [0.1, 0.15) is 17.5 Å². The van der Waals surface area contributed by atoms with Gasteiger partial charge in [-0.2, -0.15) is 0 Å². The fourth-order valence-corrected chi connectivity index (χ4v) is 2.03. The molecule has 3 heteroatoms. The lowest BCUT2D eigenvalue weighted by atomic mass is 10.1. The highest BCUT2D eigenvalue weighted by Crippen LogP contribution is 2.23. The zero-order chi connectivity index (χ0) is 10.8. The van der Waals surface area contributed by atoms with Crippen LogP contribution in [-0.4, -0.2) is 29.4 Å². The SMILES string of the molecule is Cc1cc(N2CCC(O)C2)ccc1CO. The van der Waals surface area contributed by atoms with Crippen LogP contribution in [0.4, 0.5) is 5.69 Å². The first-order valence-corrected chi connectivity index (χ1v) is 5.34. The van der Waals surface area contributed by atoms with Gasteiger partial charge in [-0.25, -0.2) is 0 Å². The van der Waals surface area contributed by atoms with Crippen molar-refractivity contribution in [2.45, 2.75) is 26.1 Å². The molecule has 3 nitrogen and oxygen atoms in total. The lowest BCUT2D eigenvalue weighted by molar-refractivity contribution is 0.198. The smallest absolute Gasteiger partial charge is 0.0731 e. The molecule has 15 heavy (non-hydrogen) atoms. The van der Waals surface area contributed by atoms with E-state index in [0.29, 0.717) is 0 Å². The third kappa shape index (κ3) is 2.13. The van der Waals surface area contributed by atoms with Crippen molar-refractivity contribution in [2.75, 3.05) is 18.0 Å². The molecule has 1 aromatic rings. The number of aliphatic hydroxyl groups is 2. The van der Waals surface area contributed by atoms with E-state index in [1.807, 2.05) is 19.1 Å². The van der Waals surface area contributed by atoms with Crippen molar-refractivity contribution in [3.05, 3.63) is 29.3 Å². The van der Waals surface area contributed by atoms with E-state index >= 15 is 0 Å². The van der Waals surface area contributed by atoms with Crippen LogP contribution in [0.2, 0.25) is 0 Å². The van der Waals surface area contributed by atoms with Gasteiger partial charge in [0.1, 0.15) is 0 Å². The van der Waals surface area contributed by atoms with E-state index in [2.05, 4.69) is 11.0 Å². The quantitative estimate of drug-likeness (QED) is 0.762. The summed E-state index contributed by atoms with van der Waals surface area (Å²) in [5, 5.41) is 18.5. The number of nitrogens with zero attached hydrogens (tertiary/aromatic N) is 1. The van der Waals surface area contributed by atoms with Gasteiger partial charge in [0.05, 0.1) is 12.7 Å². The summed E-state index contributed by atoms with van der Waals surface area (Å²) in [6, 6.07) is 6.04. The van der Waals surface area contributed by atoms with Gasteiger partial charge in [-0.15, -0.1) is 0 Å². The third-order valence-corrected chi connectivity index (χ3v) is 3.03. The number of β-amino-alcohol motifs (C(OH)–C–C–N with tert-alkyl or cyclic N) is 1. The largest absolute Gasteiger partial charge is 0.392 e. The molecule has 0 aliphatic carbocycles. The third-order valence-electron chi connectivity index (χ3n) is 3.03. The first kappa shape index (κ1) is 10.5. The van der Waals surface area contributed by atoms with Gasteiger partial charge in [0, 0.05) is 18.8 Å². The van der Waals surface area contributed by atoms with Gasteiger partial charge in [-0.3, -0.25) is 0 Å². The molecule has 0 radical (unpaired) electrons. The lowest BCUT2D eigenvalue weighted by Crippen LogP contribution is -2.21. The second-order valence-electron chi connectivity index (χ2n) is 4.16. The Hall–Kier alpha value is -1.06. The lowest BCUT2D eigenvalue weighted by Gasteiger charge is -2.19. The van der Waals surface area contributed by atoms with E-state index in [9.17, 15) is 5.11 Å². The maximum Gasteiger partial charge on any atom is 0.0731 e. The second kappa shape index (κ2) is 4.21. The van der Waals surface area contributed by atoms with Crippen LogP contribution in [-0.2, 0) is 6.61 Å². The molecule has 0 spiro atoms. The van der Waals surface area contributed by atoms with Crippen molar-refractivity contribution < 1.29 is 10.2 Å². The van der Waals surface area contributed by atoms with Gasteiger partial charge < -0.3 is 15.1 Å². The van der Waals surface area contributed by atoms with E-state index in [1.54, 1.807) is 0 Å². The highest BCUT2D eigenvalue weighted by Gasteiger charge is 2.20. The molecule has 0 amide bonds. The highest BCUT2D eigenvalue weighted by atomic mass is 16.3. The standard InChI is InChI=1S/C12H17NO2/c1-9-6-11(3-2-10(9)8-14)13-5-4-12(15)7-13/h2-3,6,12,14-15H,4-5,7-8H2,1H3. The topological polar surface area (TPSA) is 43.7 Å². The Morgan fingerprint density at radius 3 is 2.80 bits per heavy atom. The summed E-state index contributed by atoms with van der Waals surface area (Å²) in [7, 11) is 0. The predicted octanol–water partition coefficient (Wildman–Crippen LogP) is 1.06. The van der Waals surface area contributed by atoms with Crippen molar-refractivity contribution >= 4 is 5.69 Å². The zero-order valence-corrected chi connectivity index (χ0v) is 8.98. The Morgan fingerprint density at radius 2 is 2.27 bits per heavy atom. The average Bonchev–Trinajstić information content (AvgIpc) is 2.65. The molecule has 0 saturated carbocycles. The van der Waals surface area contributed by atoms with Crippen molar-refractivity contribution in [1.29, 1.82) is 0 Å². The van der Waals surface area contributed by atoms with Crippen molar-refractivity contribution in [1.82, 2.24) is 0 Å². The van der Waals surface area contributed by atoms with Gasteiger partial charge in [0.15, 0.2) is 0 Å². The Balaban J connectivity index is 2.19. The minimum absolute atomic E-state index is 0.0920. The Bertz CT molecular complexity index is 351. The fraction of sp³-hybridized carbons (Fsp3) is 0.500. The normalized spacial score (nSPS) is 21.0. The number of aryl methyl sites for hydroxylation is 1. The molecule has 1 aliphatic heterocycles. The van der Waals surface area contributed by atoms with Crippen LogP contribution < -0.4 is 4.90 Å². The number of aliphatic hydroxyl groups excluding tert-OH is 2. The summed E-state index contributed by atoms with van der Waals surface area (Å²) in [4.78, 5) is 2.18. The molecule has 1 aliphatic rings. The van der Waals surface area contributed by atoms with E-state index in [-0.39, 0.29) is 12.7 Å². The Labute approximate surface area is 90.0 Å². The first-order chi connectivity index (χ1) is 7.20. The zero-order valence-electron chi connectivity index (χ0n) is 8.98. The summed E-state index contributed by atoms with van der Waals surface area (Å²) in [5.74, 6) is 0. The molecule has 2 rings (SSSR count). The van der Waals surface area contributed by atoms with E-state index < -0.39 is 0 Å². The minimum Gasteiger partial charge on any atom is -0.392 e. The molecule has 1 aromatic carbocycles. The molecule has 82 valence electrons. The van der Waals surface area contributed by atoms with Gasteiger partial charge in [0.25, 0.3) is 0 Å². The number of rotatable bonds is 2. The van der Waals surface area contributed by atoms with Crippen LogP contribution in [0.5, 0.6) is 0 Å². The molecule has 1 atom stereocenters. The first-order valence-electron chi connectivity index (χ1n) is 5.34. The highest BCUT2D eigenvalue weighted by molar-refractivity contribution is 5.51. The summed E-state index contributed by atoms with van der Waals surface area (Å²) in [6.07, 6.45) is 0.656. The van der Waals surface area contributed by atoms with Crippen molar-refractivity contribution in [3.8, 4) is 0 Å². The van der Waals surface area contributed by atoms with Gasteiger partial charge in [-0.05, 0) is 36.6 Å². The van der Waals surface area contributed by atoms with Gasteiger partial charge in [0.2, 0.25) is 0 Å². The van der Waals surface area contributed by atoms with Gasteiger partial charge >= 0.3 is 0 Å². The number of hydrogen-bond acceptors (Lipinski definition) is 3. The molecule has 0 aromatic heterocycles. The van der Waals surface area contributed by atoms with Crippen molar-refractivity contribution in [3.63, 3.8) is 0 Å². The monoisotopic (exact) mass is 207 g/mol. The summed E-state index contributed by atoms with van der Waals surface area (Å²) in [6.45, 7) is 3.73. The molecule has 1 unspecified atom stereocenters. The van der Waals surface area contributed by atoms with Crippen LogP contribution >= 0.6 is 0 Å². The van der Waals surface area contributed by atoms with Crippen molar-refractivity contribution in [2.24, 2.45) is 0 Å². The molecular weight excluding hydrogens is 190 g/mol. The summed E-state index contributed by atoms with van der Waals surface area (Å²) in [5.41, 5.74) is 3.22. The van der Waals surface area contributed by atoms with Crippen LogP contribution in [0.25, 0.3) is 0 Å². The van der Waals surface area contributed by atoms with Gasteiger partial charge in [-0.1, -0.05) is 6.07 Å². The fourth-order valence-electron chi connectivity index (χ4n) is 2.03. The average molecular weight is 207 g/mol. The van der Waals surface area contributed by atoms with E-state index in [0.717, 1.165) is 36.3 Å². The molecule has 1 saturated heterocycles. The summed E-state index contributed by atoms with van der Waals surface area (Å²) < 4.78 is 0. The van der Waals surface area contributed by atoms with E-state index in [1.165, 1.54) is 0 Å². The molecular formula is C12H17NO2. The van der Waals surface area contributed by atoms with Crippen LogP contribution in [0, 0.1) is 6.92 Å². The molecule has 2 N–H and O–H groups in total. The van der Waals surface area contributed by atoms with Crippen LogP contribution in [0.3, 0.4) is 0 Å². The number of hydrogen-bond donors (Lipinski definition) is 2. The molecule has 1 fully saturated rings. The molecule has 0 bridgehead atoms. The molecule has 1 heterocycles. The Kier molecular flexibility index (Phi) is 2.93. The maximum atomic E-state index is 9.45. The Morgan fingerprint density at radius 1 is 1.47 bits per heavy atom. The minimum atomic E-state index is -0.192. The summed E-state index contributed by atoms with van der Waals surface area (Å²) >= 11 is 0. The predicted molar refractivity (Wildman–Crippen MR) is 59.9 cm³/mol. The maximum absolute atomic E-state index is 9.45.